The Kier molecular flexibility index (Phi) is 4.81. The summed E-state index contributed by atoms with van der Waals surface area (Å²) in [4.78, 5) is 15.8. The third-order valence-corrected chi connectivity index (χ3v) is 2.78. The lowest BCUT2D eigenvalue weighted by atomic mass is 10.2. The minimum absolute atomic E-state index is 0.0455. The Labute approximate surface area is 120 Å². The predicted molar refractivity (Wildman–Crippen MR) is 74.4 cm³/mol. The first-order valence-corrected chi connectivity index (χ1v) is 6.29. The molecular formula is C15H14F2N2O2. The Hall–Kier alpha value is -2.50. The first-order chi connectivity index (χ1) is 10.0. The van der Waals surface area contributed by atoms with Crippen LogP contribution in [0.15, 0.2) is 42.7 Å². The van der Waals surface area contributed by atoms with E-state index in [1.807, 2.05) is 0 Å². The first kappa shape index (κ1) is 14.9. The number of ether oxygens (including phenoxy) is 1. The number of aryl methyl sites for hydroxylation is 1. The van der Waals surface area contributed by atoms with Crippen LogP contribution in [-0.2, 0) is 11.2 Å². The van der Waals surface area contributed by atoms with Gasteiger partial charge >= 0.3 is 6.61 Å². The van der Waals surface area contributed by atoms with Gasteiger partial charge in [0.2, 0.25) is 5.91 Å². The van der Waals surface area contributed by atoms with Crippen molar-refractivity contribution in [2.45, 2.75) is 20.0 Å². The number of pyridine rings is 1. The summed E-state index contributed by atoms with van der Waals surface area (Å²) in [7, 11) is 0. The summed E-state index contributed by atoms with van der Waals surface area (Å²) in [5, 5.41) is 2.64. The summed E-state index contributed by atoms with van der Waals surface area (Å²) in [6, 6.07) is 8.14. The molecule has 0 aliphatic carbocycles. The molecule has 0 unspecified atom stereocenters. The smallest absolute Gasteiger partial charge is 0.387 e. The summed E-state index contributed by atoms with van der Waals surface area (Å²) in [6.45, 7) is -1.25. The second-order valence-corrected chi connectivity index (χ2v) is 4.45. The highest BCUT2D eigenvalue weighted by Crippen LogP contribution is 2.24. The number of alkyl halides is 2. The van der Waals surface area contributed by atoms with Crippen LogP contribution in [0.1, 0.15) is 11.1 Å². The van der Waals surface area contributed by atoms with Crippen molar-refractivity contribution in [3.8, 4) is 5.75 Å². The highest BCUT2D eigenvalue weighted by molar-refractivity contribution is 5.92. The van der Waals surface area contributed by atoms with E-state index < -0.39 is 6.61 Å². The number of nitrogens with zero attached hydrogens (tertiary/aromatic N) is 1. The largest absolute Gasteiger partial charge is 0.434 e. The van der Waals surface area contributed by atoms with Gasteiger partial charge in [-0.2, -0.15) is 8.78 Å². The molecule has 0 aliphatic heterocycles. The minimum atomic E-state index is -2.90. The number of hydrogen-bond acceptors (Lipinski definition) is 3. The fraction of sp³-hybridized carbons (Fsp3) is 0.200. The third-order valence-electron chi connectivity index (χ3n) is 2.78. The minimum Gasteiger partial charge on any atom is -0.434 e. The van der Waals surface area contributed by atoms with E-state index in [0.29, 0.717) is 11.3 Å². The van der Waals surface area contributed by atoms with Crippen LogP contribution in [0.2, 0.25) is 0 Å². The van der Waals surface area contributed by atoms with Crippen LogP contribution in [0.5, 0.6) is 5.75 Å². The number of hydrogen-bond donors (Lipinski definition) is 1. The number of nitrogens with one attached hydrogen (secondary N) is 1. The molecular weight excluding hydrogens is 278 g/mol. The number of halogens is 2. The van der Waals surface area contributed by atoms with Gasteiger partial charge in [-0.1, -0.05) is 12.1 Å². The zero-order valence-corrected chi connectivity index (χ0v) is 11.3. The van der Waals surface area contributed by atoms with E-state index in [9.17, 15) is 13.6 Å². The predicted octanol–water partition coefficient (Wildman–Crippen LogP) is 3.17. The summed E-state index contributed by atoms with van der Waals surface area (Å²) >= 11 is 0. The molecule has 6 heteroatoms. The average Bonchev–Trinajstić information content (AvgIpc) is 2.43. The standard InChI is InChI=1S/C15H14F2N2O2/c1-10-4-5-12(8-13(10)21-15(16)17)19-14(20)7-11-3-2-6-18-9-11/h2-6,8-9,15H,7H2,1H3,(H,19,20). The monoisotopic (exact) mass is 292 g/mol. The van der Waals surface area contributed by atoms with Crippen molar-refractivity contribution >= 4 is 11.6 Å². The second-order valence-electron chi connectivity index (χ2n) is 4.45. The van der Waals surface area contributed by atoms with Crippen molar-refractivity contribution in [2.24, 2.45) is 0 Å². The average molecular weight is 292 g/mol. The van der Waals surface area contributed by atoms with Gasteiger partial charge in [0.15, 0.2) is 0 Å². The van der Waals surface area contributed by atoms with Crippen molar-refractivity contribution in [2.75, 3.05) is 5.32 Å². The topological polar surface area (TPSA) is 51.2 Å². The quantitative estimate of drug-likeness (QED) is 0.921. The first-order valence-electron chi connectivity index (χ1n) is 6.29. The normalized spacial score (nSPS) is 10.5. The zero-order chi connectivity index (χ0) is 15.2. The molecule has 1 aromatic carbocycles. The van der Waals surface area contributed by atoms with Crippen molar-refractivity contribution in [3.05, 3.63) is 53.9 Å². The van der Waals surface area contributed by atoms with Crippen LogP contribution in [0.25, 0.3) is 0 Å². The van der Waals surface area contributed by atoms with Crippen molar-refractivity contribution < 1.29 is 18.3 Å². The summed E-state index contributed by atoms with van der Waals surface area (Å²) < 4.78 is 28.9. The Bertz CT molecular complexity index is 618. The molecule has 0 fully saturated rings. The maximum atomic E-state index is 12.3. The zero-order valence-electron chi connectivity index (χ0n) is 11.3. The SMILES string of the molecule is Cc1ccc(NC(=O)Cc2cccnc2)cc1OC(F)F. The van der Waals surface area contributed by atoms with E-state index in [0.717, 1.165) is 5.56 Å². The molecule has 1 N–H and O–H groups in total. The summed E-state index contributed by atoms with van der Waals surface area (Å²) in [5.41, 5.74) is 1.75. The van der Waals surface area contributed by atoms with Gasteiger partial charge in [0.1, 0.15) is 5.75 Å². The molecule has 1 amide bonds. The van der Waals surface area contributed by atoms with Gasteiger partial charge in [0.05, 0.1) is 6.42 Å². The van der Waals surface area contributed by atoms with E-state index in [-0.39, 0.29) is 18.1 Å². The Balaban J connectivity index is 2.04. The van der Waals surface area contributed by atoms with Crippen LogP contribution >= 0.6 is 0 Å². The molecule has 0 saturated carbocycles. The van der Waals surface area contributed by atoms with E-state index >= 15 is 0 Å². The van der Waals surface area contributed by atoms with E-state index in [1.165, 1.54) is 6.07 Å². The fourth-order valence-corrected chi connectivity index (χ4v) is 1.79. The van der Waals surface area contributed by atoms with Crippen LogP contribution in [-0.4, -0.2) is 17.5 Å². The van der Waals surface area contributed by atoms with Crippen molar-refractivity contribution in [1.82, 2.24) is 4.98 Å². The highest BCUT2D eigenvalue weighted by Gasteiger charge is 2.10. The summed E-state index contributed by atoms with van der Waals surface area (Å²) in [6.07, 6.45) is 3.38. The molecule has 1 aromatic heterocycles. The number of rotatable bonds is 5. The number of anilines is 1. The molecule has 110 valence electrons. The number of benzene rings is 1. The maximum Gasteiger partial charge on any atom is 0.387 e. The van der Waals surface area contributed by atoms with Crippen LogP contribution < -0.4 is 10.1 Å². The van der Waals surface area contributed by atoms with Gasteiger partial charge < -0.3 is 10.1 Å². The van der Waals surface area contributed by atoms with Crippen LogP contribution in [0.3, 0.4) is 0 Å². The van der Waals surface area contributed by atoms with Crippen molar-refractivity contribution in [1.29, 1.82) is 0 Å². The van der Waals surface area contributed by atoms with Crippen LogP contribution in [0.4, 0.5) is 14.5 Å². The molecule has 0 spiro atoms. The molecule has 0 saturated heterocycles. The van der Waals surface area contributed by atoms with Gasteiger partial charge in [0.25, 0.3) is 0 Å². The number of carbonyl (C=O) groups is 1. The van der Waals surface area contributed by atoms with Gasteiger partial charge in [-0.3, -0.25) is 9.78 Å². The summed E-state index contributed by atoms with van der Waals surface area (Å²) in [5.74, 6) is -0.209. The molecule has 0 atom stereocenters. The molecule has 1 heterocycles. The molecule has 21 heavy (non-hydrogen) atoms. The number of aromatic nitrogens is 1. The molecule has 2 aromatic rings. The molecule has 4 nitrogen and oxygen atoms in total. The van der Waals surface area contributed by atoms with Crippen molar-refractivity contribution in [3.63, 3.8) is 0 Å². The maximum absolute atomic E-state index is 12.3. The Morgan fingerprint density at radius 1 is 1.38 bits per heavy atom. The molecule has 0 radical (unpaired) electrons. The van der Waals surface area contributed by atoms with Gasteiger partial charge in [0, 0.05) is 24.1 Å². The lowest BCUT2D eigenvalue weighted by Crippen LogP contribution is -2.14. The fourth-order valence-electron chi connectivity index (χ4n) is 1.79. The molecule has 2 rings (SSSR count). The molecule has 0 bridgehead atoms. The second kappa shape index (κ2) is 6.78. The lowest BCUT2D eigenvalue weighted by molar-refractivity contribution is -0.115. The lowest BCUT2D eigenvalue weighted by Gasteiger charge is -2.11. The van der Waals surface area contributed by atoms with E-state index in [1.54, 1.807) is 43.6 Å². The third kappa shape index (κ3) is 4.52. The van der Waals surface area contributed by atoms with Gasteiger partial charge in [-0.15, -0.1) is 0 Å². The van der Waals surface area contributed by atoms with Crippen LogP contribution in [0, 0.1) is 6.92 Å². The molecule has 0 aliphatic rings. The number of carbonyl (C=O) groups excluding carboxylic acids is 1. The van der Waals surface area contributed by atoms with Gasteiger partial charge in [-0.05, 0) is 30.2 Å². The highest BCUT2D eigenvalue weighted by atomic mass is 19.3. The van der Waals surface area contributed by atoms with E-state index in [4.69, 9.17) is 0 Å². The Morgan fingerprint density at radius 3 is 2.86 bits per heavy atom. The van der Waals surface area contributed by atoms with Gasteiger partial charge in [-0.25, -0.2) is 0 Å². The van der Waals surface area contributed by atoms with E-state index in [2.05, 4.69) is 15.0 Å². The number of amides is 1. The Morgan fingerprint density at radius 2 is 2.19 bits per heavy atom.